The molecule has 140 valence electrons. The Kier molecular flexibility index (Phi) is 5.38. The molecule has 0 radical (unpaired) electrons. The minimum Gasteiger partial charge on any atom is -0.465 e. The van der Waals surface area contributed by atoms with Gasteiger partial charge in [-0.15, -0.1) is 0 Å². The highest BCUT2D eigenvalue weighted by atomic mass is 16.5. The first-order valence-corrected chi connectivity index (χ1v) is 9.59. The largest absolute Gasteiger partial charge is 0.465 e. The molecule has 0 bridgehead atoms. The van der Waals surface area contributed by atoms with Crippen LogP contribution in [0.3, 0.4) is 0 Å². The molecule has 5 nitrogen and oxygen atoms in total. The van der Waals surface area contributed by atoms with Gasteiger partial charge in [0.2, 0.25) is 0 Å². The molecular weight excluding hydrogens is 328 g/mol. The summed E-state index contributed by atoms with van der Waals surface area (Å²) in [6.45, 7) is 7.19. The zero-order valence-electron chi connectivity index (χ0n) is 15.5. The number of ether oxygens (including phenoxy) is 2. The van der Waals surface area contributed by atoms with E-state index in [-0.39, 0.29) is 5.41 Å². The average molecular weight is 356 g/mol. The van der Waals surface area contributed by atoms with Gasteiger partial charge in [0.1, 0.15) is 11.5 Å². The Morgan fingerprint density at radius 2 is 2.15 bits per heavy atom. The minimum atomic E-state index is 0.0885. The van der Waals surface area contributed by atoms with Crippen LogP contribution >= 0.6 is 0 Å². The van der Waals surface area contributed by atoms with Crippen LogP contribution in [0.25, 0.3) is 0 Å². The zero-order chi connectivity index (χ0) is 17.8. The van der Waals surface area contributed by atoms with Gasteiger partial charge < -0.3 is 13.9 Å². The van der Waals surface area contributed by atoms with Gasteiger partial charge in [-0.05, 0) is 56.0 Å². The predicted octanol–water partition coefficient (Wildman–Crippen LogP) is 3.57. The standard InChI is InChI=1S/C21H28N2O3/c1-17-3-4-19(26-17)13-23-11-7-20-21(15-23,8-2-12-25-20)16-24-14-18-5-9-22-10-6-18/h3-6,9-10,20H,2,7-8,11-16H2,1H3/t20-,21+/m0/s1. The van der Waals surface area contributed by atoms with Crippen molar-refractivity contribution in [1.29, 1.82) is 0 Å². The van der Waals surface area contributed by atoms with Gasteiger partial charge in [-0.3, -0.25) is 9.88 Å². The van der Waals surface area contributed by atoms with Gasteiger partial charge in [0.15, 0.2) is 0 Å². The number of fused-ring (bicyclic) bond motifs is 1. The van der Waals surface area contributed by atoms with E-state index in [9.17, 15) is 0 Å². The first kappa shape index (κ1) is 17.7. The Balaban J connectivity index is 1.40. The molecule has 2 aromatic heterocycles. The summed E-state index contributed by atoms with van der Waals surface area (Å²) in [6, 6.07) is 8.16. The van der Waals surface area contributed by atoms with E-state index in [0.717, 1.165) is 57.2 Å². The van der Waals surface area contributed by atoms with E-state index in [1.807, 2.05) is 37.5 Å². The summed E-state index contributed by atoms with van der Waals surface area (Å²) in [5, 5.41) is 0. The highest BCUT2D eigenvalue weighted by Gasteiger charge is 2.46. The highest BCUT2D eigenvalue weighted by Crippen LogP contribution is 2.41. The molecule has 0 spiro atoms. The molecule has 2 aliphatic rings. The quantitative estimate of drug-likeness (QED) is 0.792. The maximum Gasteiger partial charge on any atom is 0.118 e. The number of rotatable bonds is 6. The number of aromatic nitrogens is 1. The number of hydrogen-bond acceptors (Lipinski definition) is 5. The van der Waals surface area contributed by atoms with Crippen molar-refractivity contribution in [2.24, 2.45) is 5.41 Å². The number of piperidine rings is 1. The Bertz CT molecular complexity index is 702. The smallest absolute Gasteiger partial charge is 0.118 e. The molecule has 4 rings (SSSR count). The fourth-order valence-corrected chi connectivity index (χ4v) is 4.37. The zero-order valence-corrected chi connectivity index (χ0v) is 15.5. The van der Waals surface area contributed by atoms with Crippen molar-refractivity contribution in [3.8, 4) is 0 Å². The van der Waals surface area contributed by atoms with E-state index in [4.69, 9.17) is 13.9 Å². The van der Waals surface area contributed by atoms with Crippen LogP contribution in [0.1, 0.15) is 36.3 Å². The van der Waals surface area contributed by atoms with Crippen molar-refractivity contribution >= 4 is 0 Å². The Hall–Kier alpha value is -1.69. The van der Waals surface area contributed by atoms with Crippen LogP contribution in [0.4, 0.5) is 0 Å². The van der Waals surface area contributed by atoms with E-state index in [1.54, 1.807) is 0 Å². The van der Waals surface area contributed by atoms with E-state index in [0.29, 0.717) is 12.7 Å². The van der Waals surface area contributed by atoms with Crippen molar-refractivity contribution in [3.63, 3.8) is 0 Å². The Labute approximate surface area is 155 Å². The number of pyridine rings is 1. The molecule has 2 saturated heterocycles. The van der Waals surface area contributed by atoms with Crippen LogP contribution in [0.15, 0.2) is 41.1 Å². The second kappa shape index (κ2) is 7.91. The molecule has 2 aliphatic heterocycles. The third-order valence-electron chi connectivity index (χ3n) is 5.65. The van der Waals surface area contributed by atoms with E-state index >= 15 is 0 Å². The van der Waals surface area contributed by atoms with Gasteiger partial charge in [0, 0.05) is 37.5 Å². The van der Waals surface area contributed by atoms with Crippen molar-refractivity contribution in [1.82, 2.24) is 9.88 Å². The minimum absolute atomic E-state index is 0.0885. The SMILES string of the molecule is Cc1ccc(CN2CC[C@@H]3OCCC[C@]3(COCc3ccncc3)C2)o1. The normalized spacial score (nSPS) is 26.6. The summed E-state index contributed by atoms with van der Waals surface area (Å²) in [5.41, 5.74) is 1.26. The lowest BCUT2D eigenvalue weighted by Gasteiger charge is -2.50. The number of likely N-dealkylation sites (tertiary alicyclic amines) is 1. The number of aryl methyl sites for hydroxylation is 1. The first-order chi connectivity index (χ1) is 12.7. The maximum atomic E-state index is 6.16. The fourth-order valence-electron chi connectivity index (χ4n) is 4.37. The van der Waals surface area contributed by atoms with Gasteiger partial charge in [0.25, 0.3) is 0 Å². The molecule has 0 saturated carbocycles. The van der Waals surface area contributed by atoms with Crippen molar-refractivity contribution in [3.05, 3.63) is 53.7 Å². The van der Waals surface area contributed by atoms with Gasteiger partial charge in [0.05, 0.1) is 25.9 Å². The second-order valence-corrected chi connectivity index (χ2v) is 7.69. The Morgan fingerprint density at radius 1 is 1.27 bits per heavy atom. The molecular formula is C21H28N2O3. The van der Waals surface area contributed by atoms with Crippen LogP contribution in [0.2, 0.25) is 0 Å². The number of furan rings is 1. The molecule has 2 aromatic rings. The summed E-state index contributed by atoms with van der Waals surface area (Å²) < 4.78 is 18.1. The summed E-state index contributed by atoms with van der Waals surface area (Å²) in [4.78, 5) is 6.57. The molecule has 2 fully saturated rings. The van der Waals surface area contributed by atoms with E-state index in [1.165, 1.54) is 12.0 Å². The molecule has 2 atom stereocenters. The van der Waals surface area contributed by atoms with E-state index < -0.39 is 0 Å². The van der Waals surface area contributed by atoms with Crippen molar-refractivity contribution in [2.45, 2.75) is 45.4 Å². The van der Waals surface area contributed by atoms with Crippen LogP contribution in [-0.2, 0) is 22.6 Å². The highest BCUT2D eigenvalue weighted by molar-refractivity contribution is 5.08. The van der Waals surface area contributed by atoms with Gasteiger partial charge in [-0.2, -0.15) is 0 Å². The number of hydrogen-bond donors (Lipinski definition) is 0. The predicted molar refractivity (Wildman–Crippen MR) is 98.6 cm³/mol. The van der Waals surface area contributed by atoms with Crippen LogP contribution in [0.5, 0.6) is 0 Å². The Morgan fingerprint density at radius 3 is 2.96 bits per heavy atom. The molecule has 26 heavy (non-hydrogen) atoms. The van der Waals surface area contributed by atoms with Crippen molar-refractivity contribution in [2.75, 3.05) is 26.3 Å². The monoisotopic (exact) mass is 356 g/mol. The van der Waals surface area contributed by atoms with E-state index in [2.05, 4.69) is 16.0 Å². The summed E-state index contributed by atoms with van der Waals surface area (Å²) in [6.07, 6.45) is 7.29. The summed E-state index contributed by atoms with van der Waals surface area (Å²) in [7, 11) is 0. The second-order valence-electron chi connectivity index (χ2n) is 7.69. The molecule has 0 aromatic carbocycles. The summed E-state index contributed by atoms with van der Waals surface area (Å²) in [5.74, 6) is 2.02. The van der Waals surface area contributed by atoms with Crippen molar-refractivity contribution < 1.29 is 13.9 Å². The molecule has 0 unspecified atom stereocenters. The third kappa shape index (κ3) is 4.00. The van der Waals surface area contributed by atoms with Crippen LogP contribution in [0, 0.1) is 12.3 Å². The lowest BCUT2D eigenvalue weighted by Crippen LogP contribution is -2.56. The third-order valence-corrected chi connectivity index (χ3v) is 5.65. The topological polar surface area (TPSA) is 47.7 Å². The molecule has 4 heterocycles. The maximum absolute atomic E-state index is 6.16. The molecule has 0 N–H and O–H groups in total. The molecule has 0 aliphatic carbocycles. The lowest BCUT2D eigenvalue weighted by atomic mass is 9.73. The van der Waals surface area contributed by atoms with Crippen LogP contribution in [-0.4, -0.2) is 42.3 Å². The lowest BCUT2D eigenvalue weighted by molar-refractivity contribution is -0.156. The van der Waals surface area contributed by atoms with Gasteiger partial charge in [-0.1, -0.05) is 0 Å². The molecule has 5 heteroatoms. The fraction of sp³-hybridized carbons (Fsp3) is 0.571. The van der Waals surface area contributed by atoms with Gasteiger partial charge >= 0.3 is 0 Å². The average Bonchev–Trinajstić information content (AvgIpc) is 3.07. The number of nitrogens with zero attached hydrogens (tertiary/aromatic N) is 2. The summed E-state index contributed by atoms with van der Waals surface area (Å²) >= 11 is 0. The van der Waals surface area contributed by atoms with Crippen LogP contribution < -0.4 is 0 Å². The van der Waals surface area contributed by atoms with Gasteiger partial charge in [-0.25, -0.2) is 0 Å². The molecule has 0 amide bonds. The first-order valence-electron chi connectivity index (χ1n) is 9.59.